The molecule has 1 aromatic heterocycles. The van der Waals surface area contributed by atoms with E-state index >= 15 is 0 Å². The van der Waals surface area contributed by atoms with Crippen LogP contribution in [0.5, 0.6) is 0 Å². The third kappa shape index (κ3) is 2.93. The molecule has 0 unspecified atom stereocenters. The molecule has 0 aliphatic heterocycles. The van der Waals surface area contributed by atoms with Crippen LogP contribution in [-0.2, 0) is 11.3 Å². The van der Waals surface area contributed by atoms with E-state index in [2.05, 4.69) is 9.55 Å². The second kappa shape index (κ2) is 5.84. The molecule has 0 aliphatic rings. The van der Waals surface area contributed by atoms with Gasteiger partial charge >= 0.3 is 5.97 Å². The van der Waals surface area contributed by atoms with Crippen molar-refractivity contribution in [1.82, 2.24) is 9.55 Å². The molecule has 1 heterocycles. The first-order chi connectivity index (χ1) is 9.13. The lowest BCUT2D eigenvalue weighted by molar-refractivity contribution is 0.0697. The highest BCUT2D eigenvalue weighted by Gasteiger charge is 2.10. The highest BCUT2D eigenvalue weighted by molar-refractivity contribution is 5.92. The standard InChI is InChI=1S/C14H18N2O3/c1-10-15-12-9-11(14(17)18)5-6-13(12)16(10)7-3-4-8-19-2/h5-6,9H,3-4,7-8H2,1-2H3,(H,17,18). The monoisotopic (exact) mass is 262 g/mol. The topological polar surface area (TPSA) is 64.4 Å². The van der Waals surface area contributed by atoms with Gasteiger partial charge in [-0.3, -0.25) is 0 Å². The van der Waals surface area contributed by atoms with Crippen LogP contribution >= 0.6 is 0 Å². The van der Waals surface area contributed by atoms with Crippen LogP contribution in [0.2, 0.25) is 0 Å². The van der Waals surface area contributed by atoms with Crippen molar-refractivity contribution in [1.29, 1.82) is 0 Å². The summed E-state index contributed by atoms with van der Waals surface area (Å²) in [7, 11) is 1.70. The van der Waals surface area contributed by atoms with E-state index in [1.807, 2.05) is 13.0 Å². The summed E-state index contributed by atoms with van der Waals surface area (Å²) >= 11 is 0. The van der Waals surface area contributed by atoms with Gasteiger partial charge in [0.2, 0.25) is 0 Å². The van der Waals surface area contributed by atoms with E-state index in [9.17, 15) is 4.79 Å². The van der Waals surface area contributed by atoms with Crippen LogP contribution in [0.25, 0.3) is 11.0 Å². The minimum absolute atomic E-state index is 0.275. The zero-order valence-electron chi connectivity index (χ0n) is 11.2. The van der Waals surface area contributed by atoms with Gasteiger partial charge in [0.15, 0.2) is 0 Å². The first-order valence-corrected chi connectivity index (χ1v) is 6.32. The number of nitrogens with zero attached hydrogens (tertiary/aromatic N) is 2. The number of aryl methyl sites for hydroxylation is 2. The summed E-state index contributed by atoms with van der Waals surface area (Å²) < 4.78 is 7.15. The number of benzene rings is 1. The third-order valence-electron chi connectivity index (χ3n) is 3.17. The van der Waals surface area contributed by atoms with Crippen LogP contribution in [0.15, 0.2) is 18.2 Å². The van der Waals surface area contributed by atoms with Crippen molar-refractivity contribution in [2.75, 3.05) is 13.7 Å². The van der Waals surface area contributed by atoms with E-state index in [1.54, 1.807) is 19.2 Å². The number of carbonyl (C=O) groups is 1. The molecule has 0 saturated carbocycles. The van der Waals surface area contributed by atoms with Crippen molar-refractivity contribution in [3.05, 3.63) is 29.6 Å². The summed E-state index contributed by atoms with van der Waals surface area (Å²) in [5.74, 6) is -0.0100. The van der Waals surface area contributed by atoms with Crippen molar-refractivity contribution in [2.24, 2.45) is 0 Å². The van der Waals surface area contributed by atoms with Gasteiger partial charge in [-0.1, -0.05) is 0 Å². The lowest BCUT2D eigenvalue weighted by Crippen LogP contribution is -2.02. The lowest BCUT2D eigenvalue weighted by atomic mass is 10.2. The van der Waals surface area contributed by atoms with E-state index in [4.69, 9.17) is 9.84 Å². The number of unbranched alkanes of at least 4 members (excludes halogenated alkanes) is 1. The molecule has 102 valence electrons. The summed E-state index contributed by atoms with van der Waals surface area (Å²) in [6, 6.07) is 5.07. The number of imidazole rings is 1. The van der Waals surface area contributed by atoms with Gasteiger partial charge in [0, 0.05) is 20.3 Å². The van der Waals surface area contributed by atoms with Gasteiger partial charge in [-0.15, -0.1) is 0 Å². The van der Waals surface area contributed by atoms with Gasteiger partial charge in [0.1, 0.15) is 5.82 Å². The van der Waals surface area contributed by atoms with E-state index in [1.165, 1.54) is 0 Å². The van der Waals surface area contributed by atoms with Crippen molar-refractivity contribution < 1.29 is 14.6 Å². The normalized spacial score (nSPS) is 11.1. The number of fused-ring (bicyclic) bond motifs is 1. The third-order valence-corrected chi connectivity index (χ3v) is 3.17. The van der Waals surface area contributed by atoms with Crippen molar-refractivity contribution in [3.8, 4) is 0 Å². The predicted octanol–water partition coefficient (Wildman–Crippen LogP) is 2.47. The molecule has 0 bridgehead atoms. The molecule has 0 atom stereocenters. The zero-order chi connectivity index (χ0) is 13.8. The van der Waals surface area contributed by atoms with E-state index in [-0.39, 0.29) is 5.56 Å². The summed E-state index contributed by atoms with van der Waals surface area (Å²) in [4.78, 5) is 15.4. The molecule has 0 radical (unpaired) electrons. The second-order valence-corrected chi connectivity index (χ2v) is 4.52. The molecule has 0 aliphatic carbocycles. The first-order valence-electron chi connectivity index (χ1n) is 6.32. The molecule has 1 aromatic carbocycles. The average molecular weight is 262 g/mol. The van der Waals surface area contributed by atoms with Crippen molar-refractivity contribution in [3.63, 3.8) is 0 Å². The molecule has 0 amide bonds. The Labute approximate surface area is 111 Å². The Bertz CT molecular complexity index is 590. The Morgan fingerprint density at radius 1 is 1.42 bits per heavy atom. The minimum atomic E-state index is -0.922. The van der Waals surface area contributed by atoms with Gasteiger partial charge < -0.3 is 14.4 Å². The summed E-state index contributed by atoms with van der Waals surface area (Å²) in [6.45, 7) is 3.57. The predicted molar refractivity (Wildman–Crippen MR) is 72.5 cm³/mol. The van der Waals surface area contributed by atoms with Gasteiger partial charge in [0.25, 0.3) is 0 Å². The largest absolute Gasteiger partial charge is 0.478 e. The fourth-order valence-corrected chi connectivity index (χ4v) is 2.18. The van der Waals surface area contributed by atoms with Crippen LogP contribution in [0.3, 0.4) is 0 Å². The van der Waals surface area contributed by atoms with Gasteiger partial charge in [-0.2, -0.15) is 0 Å². The van der Waals surface area contributed by atoms with Crippen LogP contribution in [0, 0.1) is 6.92 Å². The minimum Gasteiger partial charge on any atom is -0.478 e. The van der Waals surface area contributed by atoms with Crippen LogP contribution in [-0.4, -0.2) is 34.3 Å². The maximum Gasteiger partial charge on any atom is 0.335 e. The lowest BCUT2D eigenvalue weighted by Gasteiger charge is -2.06. The number of hydrogen-bond donors (Lipinski definition) is 1. The van der Waals surface area contributed by atoms with Crippen molar-refractivity contribution in [2.45, 2.75) is 26.3 Å². The molecule has 2 aromatic rings. The fourth-order valence-electron chi connectivity index (χ4n) is 2.18. The molecule has 5 heteroatoms. The molecular formula is C14H18N2O3. The highest BCUT2D eigenvalue weighted by atomic mass is 16.5. The molecule has 0 saturated heterocycles. The molecule has 1 N–H and O–H groups in total. The Kier molecular flexibility index (Phi) is 4.16. The summed E-state index contributed by atoms with van der Waals surface area (Å²) in [5.41, 5.74) is 2.00. The average Bonchev–Trinajstić information content (AvgIpc) is 2.69. The number of aromatic nitrogens is 2. The summed E-state index contributed by atoms with van der Waals surface area (Å²) in [6.07, 6.45) is 2.02. The summed E-state index contributed by atoms with van der Waals surface area (Å²) in [5, 5.41) is 8.97. The van der Waals surface area contributed by atoms with Crippen LogP contribution < -0.4 is 0 Å². The maximum absolute atomic E-state index is 10.9. The fraction of sp³-hybridized carbons (Fsp3) is 0.429. The maximum atomic E-state index is 10.9. The van der Waals surface area contributed by atoms with Gasteiger partial charge in [-0.25, -0.2) is 9.78 Å². The van der Waals surface area contributed by atoms with E-state index < -0.39 is 5.97 Å². The Morgan fingerprint density at radius 3 is 2.89 bits per heavy atom. The molecular weight excluding hydrogens is 244 g/mol. The number of hydrogen-bond acceptors (Lipinski definition) is 3. The second-order valence-electron chi connectivity index (χ2n) is 4.52. The number of rotatable bonds is 6. The zero-order valence-corrected chi connectivity index (χ0v) is 11.2. The number of carboxylic acids is 1. The van der Waals surface area contributed by atoms with Crippen molar-refractivity contribution >= 4 is 17.0 Å². The smallest absolute Gasteiger partial charge is 0.335 e. The van der Waals surface area contributed by atoms with E-state index in [0.717, 1.165) is 42.9 Å². The van der Waals surface area contributed by atoms with Crippen LogP contribution in [0.4, 0.5) is 0 Å². The molecule has 2 rings (SSSR count). The Morgan fingerprint density at radius 2 is 2.21 bits per heavy atom. The molecule has 19 heavy (non-hydrogen) atoms. The van der Waals surface area contributed by atoms with Gasteiger partial charge in [0.05, 0.1) is 16.6 Å². The van der Waals surface area contributed by atoms with E-state index in [0.29, 0.717) is 0 Å². The SMILES string of the molecule is COCCCCn1c(C)nc2cc(C(=O)O)ccc21. The number of ether oxygens (including phenoxy) is 1. The Hall–Kier alpha value is -1.88. The first kappa shape index (κ1) is 13.5. The number of carboxylic acid groups (broad SMARTS) is 1. The van der Waals surface area contributed by atoms with Crippen LogP contribution in [0.1, 0.15) is 29.0 Å². The highest BCUT2D eigenvalue weighted by Crippen LogP contribution is 2.18. The number of aromatic carboxylic acids is 1. The van der Waals surface area contributed by atoms with Gasteiger partial charge in [-0.05, 0) is 38.0 Å². The molecule has 5 nitrogen and oxygen atoms in total. The molecule has 0 fully saturated rings. The quantitative estimate of drug-likeness (QED) is 0.812. The number of methoxy groups -OCH3 is 1. The molecule has 0 spiro atoms. The Balaban J connectivity index is 2.24.